The summed E-state index contributed by atoms with van der Waals surface area (Å²) in [5, 5.41) is 0. The average molecular weight is 178 g/mol. The molecule has 0 aliphatic carbocycles. The molecule has 0 saturated carbocycles. The van der Waals surface area contributed by atoms with E-state index >= 15 is 0 Å². The van der Waals surface area contributed by atoms with Gasteiger partial charge in [-0.15, -0.1) is 5.92 Å². The Morgan fingerprint density at radius 3 is 2.15 bits per heavy atom. The summed E-state index contributed by atoms with van der Waals surface area (Å²) in [5.41, 5.74) is 2.36. The first-order valence-electron chi connectivity index (χ1n) is 3.32. The highest BCUT2D eigenvalue weighted by molar-refractivity contribution is 5.36. The van der Waals surface area contributed by atoms with Gasteiger partial charge in [0.1, 0.15) is 0 Å². The smallest absolute Gasteiger partial charge is 0.0247 e. The van der Waals surface area contributed by atoms with Gasteiger partial charge in [-0.05, 0) is 31.5 Å². The van der Waals surface area contributed by atoms with E-state index in [9.17, 15) is 0 Å². The molecule has 1 rings (SSSR count). The Bertz CT molecular complexity index is 274. The molecule has 0 heteroatoms. The minimum atomic E-state index is 0. The maximum absolute atomic E-state index is 3.00. The molecule has 0 aliphatic heterocycles. The van der Waals surface area contributed by atoms with Crippen molar-refractivity contribution < 1.29 is 0 Å². The molecular formula is C13H22. The summed E-state index contributed by atoms with van der Waals surface area (Å²) in [6.07, 6.45) is 0. The second kappa shape index (κ2) is 8.87. The Hall–Kier alpha value is -1.22. The third-order valence-corrected chi connectivity index (χ3v) is 1.29. The van der Waals surface area contributed by atoms with Crippen LogP contribution in [0.3, 0.4) is 0 Å². The largest absolute Gasteiger partial charge is 0.101 e. The number of hydrogen-bond acceptors (Lipinski definition) is 0. The van der Waals surface area contributed by atoms with Crippen LogP contribution in [-0.2, 0) is 0 Å². The Balaban J connectivity index is -0.000000333. The maximum Gasteiger partial charge on any atom is 0.0247 e. The Labute approximate surface area is 84.0 Å². The van der Waals surface area contributed by atoms with E-state index in [-0.39, 0.29) is 22.3 Å². The molecule has 0 radical (unpaired) electrons. The van der Waals surface area contributed by atoms with Gasteiger partial charge in [0.05, 0.1) is 0 Å². The summed E-state index contributed by atoms with van der Waals surface area (Å²) in [6, 6.07) is 8.19. The van der Waals surface area contributed by atoms with E-state index in [1.54, 1.807) is 0 Å². The third kappa shape index (κ3) is 5.99. The van der Waals surface area contributed by atoms with Gasteiger partial charge in [-0.25, -0.2) is 0 Å². The molecule has 1 aromatic carbocycles. The molecule has 0 bridgehead atoms. The summed E-state index contributed by atoms with van der Waals surface area (Å²) in [4.78, 5) is 0. The molecule has 74 valence electrons. The Morgan fingerprint density at radius 2 is 1.69 bits per heavy atom. The molecule has 0 aliphatic rings. The van der Waals surface area contributed by atoms with Crippen LogP contribution < -0.4 is 0 Å². The zero-order valence-electron chi connectivity index (χ0n) is 6.31. The Kier molecular flexibility index (Phi) is 12.1. The molecule has 13 heavy (non-hydrogen) atoms. The topological polar surface area (TPSA) is 0 Å². The molecule has 0 aromatic heterocycles. The van der Waals surface area contributed by atoms with Gasteiger partial charge in [-0.3, -0.25) is 0 Å². The normalized spacial score (nSPS) is 6.31. The Morgan fingerprint density at radius 1 is 1.08 bits per heavy atom. The summed E-state index contributed by atoms with van der Waals surface area (Å²) in [5.74, 6) is 5.86. The molecule has 0 saturated heterocycles. The first-order chi connectivity index (χ1) is 4.83. The summed E-state index contributed by atoms with van der Waals surface area (Å²) >= 11 is 0. The van der Waals surface area contributed by atoms with Crippen LogP contribution in [0.2, 0.25) is 0 Å². The first-order valence-corrected chi connectivity index (χ1v) is 3.32. The first kappa shape index (κ1) is 17.8. The lowest BCUT2D eigenvalue weighted by Gasteiger charge is -1.90. The minimum absolute atomic E-state index is 0. The number of benzene rings is 1. The number of aryl methyl sites for hydroxylation is 1. The summed E-state index contributed by atoms with van der Waals surface area (Å²) < 4.78 is 0. The lowest BCUT2D eigenvalue weighted by Crippen LogP contribution is -1.74. The van der Waals surface area contributed by atoms with Crippen LogP contribution in [0.4, 0.5) is 0 Å². The number of rotatable bonds is 0. The van der Waals surface area contributed by atoms with E-state index in [1.807, 2.05) is 19.1 Å². The maximum atomic E-state index is 3.00. The van der Waals surface area contributed by atoms with Gasteiger partial charge in [0.15, 0.2) is 0 Å². The summed E-state index contributed by atoms with van der Waals surface area (Å²) in [6.45, 7) is 3.92. The van der Waals surface area contributed by atoms with Crippen LogP contribution in [0.1, 0.15) is 40.3 Å². The lowest BCUT2D eigenvalue weighted by molar-refractivity contribution is 1.45. The SMILES string of the molecule is C.C.C.CC#Cc1cccc(C)c1. The molecule has 0 fully saturated rings. The predicted octanol–water partition coefficient (Wildman–Crippen LogP) is 4.27. The van der Waals surface area contributed by atoms with E-state index in [2.05, 4.69) is 30.9 Å². The van der Waals surface area contributed by atoms with Crippen LogP contribution in [-0.4, -0.2) is 0 Å². The van der Waals surface area contributed by atoms with Crippen LogP contribution >= 0.6 is 0 Å². The quantitative estimate of drug-likeness (QED) is 0.520. The fourth-order valence-corrected chi connectivity index (χ4v) is 0.867. The molecule has 0 spiro atoms. The molecule has 0 atom stereocenters. The fourth-order valence-electron chi connectivity index (χ4n) is 0.867. The van der Waals surface area contributed by atoms with Crippen LogP contribution in [0, 0.1) is 18.8 Å². The van der Waals surface area contributed by atoms with Crippen LogP contribution in [0.25, 0.3) is 0 Å². The van der Waals surface area contributed by atoms with E-state index in [4.69, 9.17) is 0 Å². The lowest BCUT2D eigenvalue weighted by atomic mass is 10.1. The highest BCUT2D eigenvalue weighted by atomic mass is 13.9. The molecular weight excluding hydrogens is 156 g/mol. The molecule has 0 nitrogen and oxygen atoms in total. The van der Waals surface area contributed by atoms with E-state index < -0.39 is 0 Å². The van der Waals surface area contributed by atoms with Gasteiger partial charge in [-0.1, -0.05) is 40.3 Å². The van der Waals surface area contributed by atoms with Crippen molar-refractivity contribution in [1.29, 1.82) is 0 Å². The van der Waals surface area contributed by atoms with Crippen molar-refractivity contribution in [3.05, 3.63) is 35.4 Å². The van der Waals surface area contributed by atoms with Crippen molar-refractivity contribution in [3.63, 3.8) is 0 Å². The van der Waals surface area contributed by atoms with Gasteiger partial charge in [0.2, 0.25) is 0 Å². The molecule has 0 N–H and O–H groups in total. The highest BCUT2D eigenvalue weighted by Crippen LogP contribution is 2.01. The molecule has 0 unspecified atom stereocenters. The molecule has 0 amide bonds. The van der Waals surface area contributed by atoms with Gasteiger partial charge < -0.3 is 0 Å². The third-order valence-electron chi connectivity index (χ3n) is 1.29. The van der Waals surface area contributed by atoms with Crippen molar-refractivity contribution in [3.8, 4) is 11.8 Å². The van der Waals surface area contributed by atoms with E-state index in [1.165, 1.54) is 5.56 Å². The predicted molar refractivity (Wildman–Crippen MR) is 63.9 cm³/mol. The monoisotopic (exact) mass is 178 g/mol. The zero-order chi connectivity index (χ0) is 7.40. The number of hydrogen-bond donors (Lipinski definition) is 0. The van der Waals surface area contributed by atoms with Crippen LogP contribution in [0.5, 0.6) is 0 Å². The van der Waals surface area contributed by atoms with Crippen molar-refractivity contribution in [2.45, 2.75) is 36.1 Å². The average Bonchev–Trinajstić information content (AvgIpc) is 1.88. The van der Waals surface area contributed by atoms with Crippen molar-refractivity contribution in [2.75, 3.05) is 0 Å². The fraction of sp³-hybridized carbons (Fsp3) is 0.385. The zero-order valence-corrected chi connectivity index (χ0v) is 6.31. The summed E-state index contributed by atoms with van der Waals surface area (Å²) in [7, 11) is 0. The van der Waals surface area contributed by atoms with Gasteiger partial charge in [-0.2, -0.15) is 0 Å². The second-order valence-corrected chi connectivity index (χ2v) is 2.24. The van der Waals surface area contributed by atoms with Gasteiger partial charge >= 0.3 is 0 Å². The van der Waals surface area contributed by atoms with Gasteiger partial charge in [0.25, 0.3) is 0 Å². The van der Waals surface area contributed by atoms with Crippen LogP contribution in [0.15, 0.2) is 24.3 Å². The minimum Gasteiger partial charge on any atom is -0.101 e. The van der Waals surface area contributed by atoms with Crippen molar-refractivity contribution >= 4 is 0 Å². The highest BCUT2D eigenvalue weighted by Gasteiger charge is 1.84. The van der Waals surface area contributed by atoms with Crippen molar-refractivity contribution in [1.82, 2.24) is 0 Å². The second-order valence-electron chi connectivity index (χ2n) is 2.24. The molecule has 1 aromatic rings. The standard InChI is InChI=1S/C10H10.3CH4/c1-3-5-10-7-4-6-9(2)8-10;;;/h4,6-8H,1-2H3;3*1H4. The molecule has 0 heterocycles. The van der Waals surface area contributed by atoms with Gasteiger partial charge in [0, 0.05) is 5.56 Å². The van der Waals surface area contributed by atoms with E-state index in [0.29, 0.717) is 0 Å². The van der Waals surface area contributed by atoms with E-state index in [0.717, 1.165) is 5.56 Å². The van der Waals surface area contributed by atoms with Crippen molar-refractivity contribution in [2.24, 2.45) is 0 Å².